The quantitative estimate of drug-likeness (QED) is 0.235. The number of ether oxygens (including phenoxy) is 2. The van der Waals surface area contributed by atoms with Crippen molar-refractivity contribution in [3.8, 4) is 23.2 Å². The van der Waals surface area contributed by atoms with Gasteiger partial charge in [-0.2, -0.15) is 15.2 Å². The molecule has 0 amide bonds. The zero-order valence-electron chi connectivity index (χ0n) is 23.4. The van der Waals surface area contributed by atoms with Gasteiger partial charge in [0.05, 0.1) is 29.0 Å². The van der Waals surface area contributed by atoms with E-state index in [4.69, 9.17) is 26.8 Å². The van der Waals surface area contributed by atoms with Crippen LogP contribution in [0.25, 0.3) is 32.1 Å². The molecule has 8 nitrogen and oxygen atoms in total. The van der Waals surface area contributed by atoms with Gasteiger partial charge < -0.3 is 25.4 Å². The van der Waals surface area contributed by atoms with Gasteiger partial charge in [0.15, 0.2) is 5.82 Å². The maximum atomic E-state index is 16.2. The number of nitrogens with zero attached hydrogens (tertiary/aromatic N) is 4. The molecule has 43 heavy (non-hydrogen) atoms. The van der Waals surface area contributed by atoms with E-state index in [-0.39, 0.29) is 60.7 Å². The summed E-state index contributed by atoms with van der Waals surface area (Å²) in [5.74, 6) is -3.51. The van der Waals surface area contributed by atoms with Gasteiger partial charge in [-0.3, -0.25) is 0 Å². The summed E-state index contributed by atoms with van der Waals surface area (Å²) in [5, 5.41) is 13.4. The molecule has 1 aliphatic heterocycles. The molecule has 2 aromatic heterocycles. The molecule has 1 saturated carbocycles. The van der Waals surface area contributed by atoms with Crippen LogP contribution in [0.5, 0.6) is 6.01 Å². The summed E-state index contributed by atoms with van der Waals surface area (Å²) in [6, 6.07) is 6.19. The minimum absolute atomic E-state index is 0.000584. The molecule has 1 aliphatic carbocycles. The molecule has 2 aromatic carbocycles. The zero-order valence-corrected chi connectivity index (χ0v) is 25.0. The number of fused-ring (bicyclic) bond motifs is 2. The number of nitriles is 1. The topological polar surface area (TPSA) is 109 Å². The molecule has 1 saturated heterocycles. The Morgan fingerprint density at radius 3 is 2.72 bits per heavy atom. The molecule has 1 atom stereocenters. The summed E-state index contributed by atoms with van der Waals surface area (Å²) in [6.07, 6.45) is 0.867. The number of methoxy groups -OCH3 is 1. The van der Waals surface area contributed by atoms with E-state index in [0.717, 1.165) is 24.3 Å². The molecule has 2 fully saturated rings. The lowest BCUT2D eigenvalue weighted by molar-refractivity contribution is 0.0988. The zero-order chi connectivity index (χ0) is 30.9. The molecule has 0 radical (unpaired) electrons. The van der Waals surface area contributed by atoms with Gasteiger partial charge in [-0.05, 0) is 30.7 Å². The molecule has 14 heteroatoms. The second kappa shape index (κ2) is 12.7. The van der Waals surface area contributed by atoms with Crippen molar-refractivity contribution in [2.24, 2.45) is 5.92 Å². The van der Waals surface area contributed by atoms with Crippen molar-refractivity contribution in [1.82, 2.24) is 15.3 Å². The first-order valence-corrected chi connectivity index (χ1v) is 14.9. The van der Waals surface area contributed by atoms with Crippen LogP contribution in [-0.4, -0.2) is 62.4 Å². The summed E-state index contributed by atoms with van der Waals surface area (Å²) in [5.41, 5.74) is 6.29. The molecular formula is C29H29ClF4N6O2S. The van der Waals surface area contributed by atoms with Crippen LogP contribution in [0.1, 0.15) is 25.3 Å². The highest BCUT2D eigenvalue weighted by Gasteiger charge is 2.56. The van der Waals surface area contributed by atoms with Crippen LogP contribution in [0.15, 0.2) is 18.2 Å². The van der Waals surface area contributed by atoms with Crippen molar-refractivity contribution in [3.05, 3.63) is 40.4 Å². The van der Waals surface area contributed by atoms with E-state index in [9.17, 15) is 18.4 Å². The van der Waals surface area contributed by atoms with E-state index in [1.165, 1.54) is 19.2 Å². The third kappa shape index (κ3) is 6.15. The number of alkyl halides is 2. The first kappa shape index (κ1) is 31.0. The fourth-order valence-electron chi connectivity index (χ4n) is 5.02. The van der Waals surface area contributed by atoms with E-state index >= 15 is 4.39 Å². The van der Waals surface area contributed by atoms with Crippen molar-refractivity contribution >= 4 is 54.7 Å². The van der Waals surface area contributed by atoms with Gasteiger partial charge in [0.25, 0.3) is 5.92 Å². The normalized spacial score (nSPS) is 17.7. The fourth-order valence-corrected chi connectivity index (χ4v) is 6.26. The smallest absolute Gasteiger partial charge is 0.318 e. The number of halogens is 5. The maximum Gasteiger partial charge on any atom is 0.318 e. The van der Waals surface area contributed by atoms with Gasteiger partial charge in [0.1, 0.15) is 28.2 Å². The highest BCUT2D eigenvalue weighted by atomic mass is 35.5. The van der Waals surface area contributed by atoms with Crippen LogP contribution in [0.2, 0.25) is 5.02 Å². The predicted molar refractivity (Wildman–Crippen MR) is 160 cm³/mol. The predicted octanol–water partition coefficient (Wildman–Crippen LogP) is 6.38. The summed E-state index contributed by atoms with van der Waals surface area (Å²) >= 11 is 7.56. The number of hydrogen-bond donors (Lipinski definition) is 2. The van der Waals surface area contributed by atoms with Crippen molar-refractivity contribution in [2.45, 2.75) is 25.7 Å². The number of hydrogen-bond acceptors (Lipinski definition) is 9. The molecule has 1 unspecified atom stereocenters. The third-order valence-electron chi connectivity index (χ3n) is 7.34. The summed E-state index contributed by atoms with van der Waals surface area (Å²) < 4.78 is 65.8. The van der Waals surface area contributed by atoms with Gasteiger partial charge in [-0.25, -0.2) is 17.6 Å². The molecule has 3 heterocycles. The number of benzene rings is 2. The Kier molecular flexibility index (Phi) is 9.12. The van der Waals surface area contributed by atoms with Gasteiger partial charge in [0.2, 0.25) is 0 Å². The minimum Gasteiger partial charge on any atom is -0.467 e. The minimum atomic E-state index is -2.35. The average molecular weight is 637 g/mol. The Bertz CT molecular complexity index is 1700. The second-order valence-corrected chi connectivity index (χ2v) is 11.6. The first-order valence-electron chi connectivity index (χ1n) is 13.7. The van der Waals surface area contributed by atoms with E-state index < -0.39 is 17.6 Å². The van der Waals surface area contributed by atoms with E-state index in [0.29, 0.717) is 44.1 Å². The Morgan fingerprint density at radius 2 is 2.05 bits per heavy atom. The lowest BCUT2D eigenvalue weighted by Crippen LogP contribution is -2.27. The first-order chi connectivity index (χ1) is 20.6. The van der Waals surface area contributed by atoms with Crippen LogP contribution in [-0.2, 0) is 4.74 Å². The Morgan fingerprint density at radius 1 is 1.28 bits per heavy atom. The lowest BCUT2D eigenvalue weighted by atomic mass is 9.97. The summed E-state index contributed by atoms with van der Waals surface area (Å²) in [7, 11) is 1.40. The molecule has 6 rings (SSSR count). The third-order valence-corrected chi connectivity index (χ3v) is 8.67. The van der Waals surface area contributed by atoms with E-state index in [2.05, 4.69) is 15.3 Å². The number of anilines is 2. The summed E-state index contributed by atoms with van der Waals surface area (Å²) in [6.45, 7) is 5.54. The van der Waals surface area contributed by atoms with Gasteiger partial charge in [-0.15, -0.1) is 11.3 Å². The molecular weight excluding hydrogens is 608 g/mol. The fraction of sp³-hybridized carbons (Fsp3) is 0.414. The van der Waals surface area contributed by atoms with Crippen molar-refractivity contribution < 1.29 is 27.0 Å². The van der Waals surface area contributed by atoms with Gasteiger partial charge >= 0.3 is 6.01 Å². The van der Waals surface area contributed by atoms with Crippen LogP contribution < -0.4 is 20.7 Å². The maximum absolute atomic E-state index is 16.2. The van der Waals surface area contributed by atoms with Crippen molar-refractivity contribution in [1.29, 1.82) is 5.26 Å². The van der Waals surface area contributed by atoms with E-state index in [1.807, 2.05) is 17.9 Å². The second-order valence-electron chi connectivity index (χ2n) is 10.2. The number of nitrogens with two attached hydrogens (primary N) is 1. The number of nitrogens with one attached hydrogen (secondary N) is 1. The molecule has 0 spiro atoms. The highest BCUT2D eigenvalue weighted by molar-refractivity contribution is 7.23. The SMILES string of the molecule is CCNCC1CC1(F)F.COc1nc(N2CCCOCC2)c2cc(Cl)c(-c3ccc(F)c4sc(N)c(C#N)c34)c(F)c2n1. The Labute approximate surface area is 254 Å². The molecule has 2 aliphatic rings. The van der Waals surface area contributed by atoms with Gasteiger partial charge in [-0.1, -0.05) is 24.6 Å². The van der Waals surface area contributed by atoms with Crippen LogP contribution >= 0.6 is 22.9 Å². The number of aromatic nitrogens is 2. The number of rotatable bonds is 6. The van der Waals surface area contributed by atoms with Crippen molar-refractivity contribution in [3.63, 3.8) is 0 Å². The molecule has 4 aromatic rings. The van der Waals surface area contributed by atoms with Crippen LogP contribution in [0.4, 0.5) is 28.4 Å². The molecule has 0 bridgehead atoms. The standard InChI is InChI=1S/C23H18ClF2N5O2S.C6H11F2N/c1-32-23-29-19-12(22(30-23)31-5-2-7-33-8-6-31)9-14(24)17(18(19)26)11-3-4-15(25)20-16(11)13(10-27)21(28)34-20;1-2-9-4-5-3-6(5,7)8/h3-4,9H,2,5-8,28H2,1H3;5,9H,2-4H2,1H3. The molecule has 3 N–H and O–H groups in total. The van der Waals surface area contributed by atoms with Gasteiger partial charge in [0, 0.05) is 54.9 Å². The monoisotopic (exact) mass is 636 g/mol. The Balaban J connectivity index is 0.000000351. The Hall–Kier alpha value is -3.44. The lowest BCUT2D eigenvalue weighted by Gasteiger charge is -2.23. The van der Waals surface area contributed by atoms with Crippen molar-refractivity contribution in [2.75, 3.05) is 57.1 Å². The average Bonchev–Trinajstić information content (AvgIpc) is 3.58. The van der Waals surface area contributed by atoms with E-state index in [1.54, 1.807) is 6.07 Å². The largest absolute Gasteiger partial charge is 0.467 e. The summed E-state index contributed by atoms with van der Waals surface area (Å²) in [4.78, 5) is 10.7. The molecule has 228 valence electrons. The highest BCUT2D eigenvalue weighted by Crippen LogP contribution is 2.48. The number of nitrogen functional groups attached to an aromatic ring is 1. The van der Waals surface area contributed by atoms with Crippen LogP contribution in [0, 0.1) is 28.9 Å². The number of thiophene rings is 1. The van der Waals surface area contributed by atoms with Crippen LogP contribution in [0.3, 0.4) is 0 Å².